The maximum atomic E-state index is 10.5. The molecule has 0 atom stereocenters. The Hall–Kier alpha value is -2.05. The van der Waals surface area contributed by atoms with Crippen LogP contribution in [0.1, 0.15) is 18.4 Å². The van der Waals surface area contributed by atoms with Gasteiger partial charge in [0.2, 0.25) is 5.89 Å². The zero-order valence-corrected chi connectivity index (χ0v) is 15.3. The van der Waals surface area contributed by atoms with Gasteiger partial charge in [0.25, 0.3) is 0 Å². The van der Waals surface area contributed by atoms with Gasteiger partial charge in [0, 0.05) is 17.7 Å². The first-order chi connectivity index (χ1) is 12.1. The van der Waals surface area contributed by atoms with Gasteiger partial charge in [-0.3, -0.25) is 4.79 Å². The number of hydrogen-bond acceptors (Lipinski definition) is 5. The number of nitrogens with zero attached hydrogens (tertiary/aromatic N) is 1. The highest BCUT2D eigenvalue weighted by Crippen LogP contribution is 2.21. The minimum absolute atomic E-state index is 0.126. The van der Waals surface area contributed by atoms with E-state index < -0.39 is 5.97 Å². The number of hydrogen-bond donors (Lipinski definition) is 1. The standard InChI is InChI=1S/C19H23NO4S/c1-14(12-25-13-18(21)22)8-10-23-11-9-17-15(2)24-19(20-17)16-6-4-3-5-7-16/h3-8H,9-13H2,1-2H3,(H,21,22)/b14-8+. The molecule has 0 amide bonds. The summed E-state index contributed by atoms with van der Waals surface area (Å²) in [6, 6.07) is 9.83. The summed E-state index contributed by atoms with van der Waals surface area (Å²) in [4.78, 5) is 15.0. The van der Waals surface area contributed by atoms with Crippen LogP contribution >= 0.6 is 11.8 Å². The number of oxazole rings is 1. The first-order valence-corrected chi connectivity index (χ1v) is 9.26. The molecule has 0 bridgehead atoms. The molecule has 1 aromatic heterocycles. The summed E-state index contributed by atoms with van der Waals surface area (Å²) in [6.45, 7) is 4.97. The smallest absolute Gasteiger partial charge is 0.313 e. The van der Waals surface area contributed by atoms with Gasteiger partial charge in [-0.05, 0) is 26.0 Å². The van der Waals surface area contributed by atoms with Gasteiger partial charge in [0.05, 0.1) is 24.7 Å². The highest BCUT2D eigenvalue weighted by molar-refractivity contribution is 8.00. The van der Waals surface area contributed by atoms with Crippen molar-refractivity contribution in [3.05, 3.63) is 53.4 Å². The molecular weight excluding hydrogens is 338 g/mol. The predicted octanol–water partition coefficient (Wildman–Crippen LogP) is 3.97. The van der Waals surface area contributed by atoms with Crippen LogP contribution in [-0.4, -0.2) is 40.8 Å². The van der Waals surface area contributed by atoms with Gasteiger partial charge in [-0.1, -0.05) is 29.8 Å². The monoisotopic (exact) mass is 361 g/mol. The van der Waals surface area contributed by atoms with E-state index in [2.05, 4.69) is 4.98 Å². The Balaban J connectivity index is 1.73. The summed E-state index contributed by atoms with van der Waals surface area (Å²) >= 11 is 1.39. The summed E-state index contributed by atoms with van der Waals surface area (Å²) in [6.07, 6.45) is 2.68. The quantitative estimate of drug-likeness (QED) is 0.510. The molecule has 0 saturated heterocycles. The van der Waals surface area contributed by atoms with Crippen LogP contribution in [0, 0.1) is 6.92 Å². The lowest BCUT2D eigenvalue weighted by Crippen LogP contribution is -2.02. The molecule has 6 heteroatoms. The van der Waals surface area contributed by atoms with Gasteiger partial charge in [0.15, 0.2) is 0 Å². The van der Waals surface area contributed by atoms with Crippen LogP contribution in [-0.2, 0) is 16.0 Å². The number of carboxylic acid groups (broad SMARTS) is 1. The van der Waals surface area contributed by atoms with Gasteiger partial charge in [-0.2, -0.15) is 0 Å². The topological polar surface area (TPSA) is 72.6 Å². The molecule has 2 rings (SSSR count). The van der Waals surface area contributed by atoms with Crippen molar-refractivity contribution in [1.29, 1.82) is 0 Å². The van der Waals surface area contributed by atoms with Crippen molar-refractivity contribution in [3.63, 3.8) is 0 Å². The van der Waals surface area contributed by atoms with Crippen molar-refractivity contribution in [3.8, 4) is 11.5 Å². The third kappa shape index (κ3) is 6.76. The Labute approximate surface area is 152 Å². The molecule has 5 nitrogen and oxygen atoms in total. The molecule has 0 spiro atoms. The second-order valence-corrected chi connectivity index (χ2v) is 6.64. The van der Waals surface area contributed by atoms with E-state index in [0.29, 0.717) is 31.3 Å². The molecule has 2 aromatic rings. The molecule has 25 heavy (non-hydrogen) atoms. The number of aryl methyl sites for hydroxylation is 1. The fourth-order valence-corrected chi connectivity index (χ4v) is 2.89. The lowest BCUT2D eigenvalue weighted by molar-refractivity contribution is -0.133. The van der Waals surface area contributed by atoms with Crippen LogP contribution in [0.3, 0.4) is 0 Å². The third-order valence-corrected chi connectivity index (χ3v) is 4.61. The van der Waals surface area contributed by atoms with Crippen molar-refractivity contribution >= 4 is 17.7 Å². The second kappa shape index (κ2) is 10.1. The van der Waals surface area contributed by atoms with Crippen LogP contribution < -0.4 is 0 Å². The molecule has 0 radical (unpaired) electrons. The highest BCUT2D eigenvalue weighted by atomic mass is 32.2. The normalized spacial score (nSPS) is 11.7. The summed E-state index contributed by atoms with van der Waals surface area (Å²) < 4.78 is 11.4. The van der Waals surface area contributed by atoms with E-state index in [1.165, 1.54) is 11.8 Å². The first-order valence-electron chi connectivity index (χ1n) is 8.11. The maximum Gasteiger partial charge on any atom is 0.313 e. The van der Waals surface area contributed by atoms with E-state index >= 15 is 0 Å². The van der Waals surface area contributed by atoms with Crippen molar-refractivity contribution in [2.45, 2.75) is 20.3 Å². The molecule has 1 N–H and O–H groups in total. The van der Waals surface area contributed by atoms with Crippen molar-refractivity contribution < 1.29 is 19.1 Å². The molecule has 134 valence electrons. The molecule has 0 fully saturated rings. The van der Waals surface area contributed by atoms with E-state index in [1.807, 2.05) is 50.3 Å². The average molecular weight is 361 g/mol. The molecule has 0 aliphatic carbocycles. The van der Waals surface area contributed by atoms with E-state index in [4.69, 9.17) is 14.3 Å². The molecule has 0 unspecified atom stereocenters. The van der Waals surface area contributed by atoms with E-state index in [9.17, 15) is 4.79 Å². The van der Waals surface area contributed by atoms with Gasteiger partial charge in [0.1, 0.15) is 5.76 Å². The summed E-state index contributed by atoms with van der Waals surface area (Å²) in [7, 11) is 0. The lowest BCUT2D eigenvalue weighted by Gasteiger charge is -2.02. The zero-order valence-electron chi connectivity index (χ0n) is 14.5. The van der Waals surface area contributed by atoms with Crippen LogP contribution in [0.5, 0.6) is 0 Å². The molecule has 1 heterocycles. The van der Waals surface area contributed by atoms with E-state index in [1.54, 1.807) is 0 Å². The number of aliphatic carboxylic acids is 1. The maximum absolute atomic E-state index is 10.5. The van der Waals surface area contributed by atoms with E-state index in [0.717, 1.165) is 22.6 Å². The average Bonchev–Trinajstić information content (AvgIpc) is 2.96. The van der Waals surface area contributed by atoms with Gasteiger partial charge < -0.3 is 14.3 Å². The number of benzene rings is 1. The van der Waals surface area contributed by atoms with Gasteiger partial charge in [-0.15, -0.1) is 11.8 Å². The second-order valence-electron chi connectivity index (χ2n) is 5.65. The lowest BCUT2D eigenvalue weighted by atomic mass is 10.2. The molecular formula is C19H23NO4S. The Kier molecular flexibility index (Phi) is 7.76. The highest BCUT2D eigenvalue weighted by Gasteiger charge is 2.10. The number of aromatic nitrogens is 1. The fraction of sp³-hybridized carbons (Fsp3) is 0.368. The SMILES string of the molecule is C/C(=C\COCCc1nc(-c2ccccc2)oc1C)CSCC(=O)O. The van der Waals surface area contributed by atoms with Crippen molar-refractivity contribution in [2.24, 2.45) is 0 Å². The van der Waals surface area contributed by atoms with Gasteiger partial charge >= 0.3 is 5.97 Å². The largest absolute Gasteiger partial charge is 0.481 e. The number of rotatable bonds is 10. The molecule has 0 aliphatic rings. The number of thioether (sulfide) groups is 1. The zero-order chi connectivity index (χ0) is 18.1. The molecule has 0 saturated carbocycles. The fourth-order valence-electron chi connectivity index (χ4n) is 2.18. The summed E-state index contributed by atoms with van der Waals surface area (Å²) in [5.41, 5.74) is 3.00. The minimum Gasteiger partial charge on any atom is -0.481 e. The summed E-state index contributed by atoms with van der Waals surface area (Å²) in [5.74, 6) is 1.50. The predicted molar refractivity (Wildman–Crippen MR) is 99.9 cm³/mol. The molecule has 0 aliphatic heterocycles. The third-order valence-electron chi connectivity index (χ3n) is 3.50. The Morgan fingerprint density at radius 1 is 1.32 bits per heavy atom. The van der Waals surface area contributed by atoms with Crippen molar-refractivity contribution in [1.82, 2.24) is 4.98 Å². The number of carbonyl (C=O) groups is 1. The Morgan fingerprint density at radius 3 is 2.80 bits per heavy atom. The van der Waals surface area contributed by atoms with Crippen LogP contribution in [0.15, 0.2) is 46.4 Å². The minimum atomic E-state index is -0.785. The molecule has 1 aromatic carbocycles. The first kappa shape index (κ1) is 19.3. The van der Waals surface area contributed by atoms with Crippen LogP contribution in [0.2, 0.25) is 0 Å². The van der Waals surface area contributed by atoms with Crippen LogP contribution in [0.4, 0.5) is 0 Å². The summed E-state index contributed by atoms with van der Waals surface area (Å²) in [5, 5.41) is 8.60. The number of carboxylic acids is 1. The Morgan fingerprint density at radius 2 is 2.08 bits per heavy atom. The van der Waals surface area contributed by atoms with Crippen LogP contribution in [0.25, 0.3) is 11.5 Å². The van der Waals surface area contributed by atoms with Crippen molar-refractivity contribution in [2.75, 3.05) is 24.7 Å². The van der Waals surface area contributed by atoms with E-state index in [-0.39, 0.29) is 5.75 Å². The van der Waals surface area contributed by atoms with Gasteiger partial charge in [-0.25, -0.2) is 4.98 Å². The Bertz CT molecular complexity index is 709. The number of ether oxygens (including phenoxy) is 1.